The molecule has 4 N–H and O–H groups in total. The summed E-state index contributed by atoms with van der Waals surface area (Å²) in [7, 11) is 0. The third-order valence-corrected chi connectivity index (χ3v) is 3.01. The minimum atomic E-state index is -0.128. The molecule has 1 aliphatic rings. The fraction of sp³-hybridized carbons (Fsp3) is 0.455. The standard InChI is InChI=1S/C11H16N4O/c1-11(2)6-8(11)14-10(16)7-4-3-5-13-9(7)15-12/h3-5,8H,6,12H2,1-2H3,(H,13,15)(H,14,16). The van der Waals surface area contributed by atoms with Gasteiger partial charge in [0.05, 0.1) is 5.56 Å². The van der Waals surface area contributed by atoms with Gasteiger partial charge in [0, 0.05) is 12.2 Å². The van der Waals surface area contributed by atoms with E-state index in [2.05, 4.69) is 29.6 Å². The molecule has 5 heteroatoms. The maximum absolute atomic E-state index is 11.9. The van der Waals surface area contributed by atoms with Crippen LogP contribution in [0, 0.1) is 5.41 Å². The smallest absolute Gasteiger partial charge is 0.255 e. The lowest BCUT2D eigenvalue weighted by Gasteiger charge is -2.09. The zero-order valence-electron chi connectivity index (χ0n) is 9.45. The highest BCUT2D eigenvalue weighted by Gasteiger charge is 2.46. The summed E-state index contributed by atoms with van der Waals surface area (Å²) in [5.74, 6) is 5.57. The van der Waals surface area contributed by atoms with Crippen LogP contribution in [0.1, 0.15) is 30.6 Å². The van der Waals surface area contributed by atoms with E-state index < -0.39 is 0 Å². The van der Waals surface area contributed by atoms with Crippen LogP contribution in [0.2, 0.25) is 0 Å². The molecule has 0 radical (unpaired) electrons. The SMILES string of the molecule is CC1(C)CC1NC(=O)c1cccnc1NN. The summed E-state index contributed by atoms with van der Waals surface area (Å²) >= 11 is 0. The number of hydrogen-bond acceptors (Lipinski definition) is 4. The second-order valence-corrected chi connectivity index (χ2v) is 4.76. The summed E-state index contributed by atoms with van der Waals surface area (Å²) in [6.07, 6.45) is 2.61. The molecule has 1 atom stereocenters. The minimum absolute atomic E-state index is 0.128. The van der Waals surface area contributed by atoms with Crippen molar-refractivity contribution in [3.8, 4) is 0 Å². The van der Waals surface area contributed by atoms with Crippen molar-refractivity contribution in [3.63, 3.8) is 0 Å². The largest absolute Gasteiger partial charge is 0.349 e. The molecule has 0 saturated heterocycles. The van der Waals surface area contributed by atoms with Crippen LogP contribution in [0.3, 0.4) is 0 Å². The van der Waals surface area contributed by atoms with E-state index in [4.69, 9.17) is 5.84 Å². The van der Waals surface area contributed by atoms with Gasteiger partial charge in [-0.3, -0.25) is 4.79 Å². The highest BCUT2D eigenvalue weighted by atomic mass is 16.1. The van der Waals surface area contributed by atoms with Crippen molar-refractivity contribution in [2.24, 2.45) is 11.3 Å². The van der Waals surface area contributed by atoms with Gasteiger partial charge in [0.2, 0.25) is 0 Å². The third kappa shape index (κ3) is 1.99. The second kappa shape index (κ2) is 3.75. The summed E-state index contributed by atoms with van der Waals surface area (Å²) < 4.78 is 0. The molecule has 1 saturated carbocycles. The summed E-state index contributed by atoms with van der Waals surface area (Å²) in [4.78, 5) is 15.9. The number of anilines is 1. The molecule has 0 aromatic carbocycles. The first-order chi connectivity index (χ1) is 7.54. The van der Waals surface area contributed by atoms with Crippen molar-refractivity contribution < 1.29 is 4.79 Å². The van der Waals surface area contributed by atoms with E-state index in [0.29, 0.717) is 11.4 Å². The fourth-order valence-electron chi connectivity index (χ4n) is 1.65. The lowest BCUT2D eigenvalue weighted by Crippen LogP contribution is -2.29. The Kier molecular flexibility index (Phi) is 2.55. The van der Waals surface area contributed by atoms with E-state index in [1.54, 1.807) is 18.3 Å². The van der Waals surface area contributed by atoms with Gasteiger partial charge in [0.25, 0.3) is 5.91 Å². The Hall–Kier alpha value is -1.62. The summed E-state index contributed by atoms with van der Waals surface area (Å²) in [5.41, 5.74) is 3.11. The van der Waals surface area contributed by atoms with E-state index in [9.17, 15) is 4.79 Å². The van der Waals surface area contributed by atoms with E-state index in [0.717, 1.165) is 6.42 Å². The van der Waals surface area contributed by atoms with Crippen LogP contribution < -0.4 is 16.6 Å². The minimum Gasteiger partial charge on any atom is -0.349 e. The predicted molar refractivity (Wildman–Crippen MR) is 61.7 cm³/mol. The predicted octanol–water partition coefficient (Wildman–Crippen LogP) is 0.895. The topological polar surface area (TPSA) is 80.0 Å². The number of nitrogens with zero attached hydrogens (tertiary/aromatic N) is 1. The van der Waals surface area contributed by atoms with Gasteiger partial charge < -0.3 is 10.7 Å². The summed E-state index contributed by atoms with van der Waals surface area (Å²) in [5, 5.41) is 2.96. The molecule has 1 unspecified atom stereocenters. The zero-order chi connectivity index (χ0) is 11.8. The molecule has 0 aliphatic heterocycles. The Bertz CT molecular complexity index is 416. The number of aromatic nitrogens is 1. The Labute approximate surface area is 94.4 Å². The number of amides is 1. The number of nitrogens with one attached hydrogen (secondary N) is 2. The van der Waals surface area contributed by atoms with E-state index in [1.165, 1.54) is 0 Å². The van der Waals surface area contributed by atoms with Crippen molar-refractivity contribution in [2.45, 2.75) is 26.3 Å². The van der Waals surface area contributed by atoms with Gasteiger partial charge in [0.15, 0.2) is 5.82 Å². The van der Waals surface area contributed by atoms with Gasteiger partial charge in [-0.25, -0.2) is 10.8 Å². The van der Waals surface area contributed by atoms with Crippen LogP contribution >= 0.6 is 0 Å². The van der Waals surface area contributed by atoms with Crippen LogP contribution in [-0.2, 0) is 0 Å². The molecule has 1 heterocycles. The number of nitrogen functional groups attached to an aromatic ring is 1. The molecule has 0 spiro atoms. The number of pyridine rings is 1. The van der Waals surface area contributed by atoms with Crippen molar-refractivity contribution in [2.75, 3.05) is 5.43 Å². The van der Waals surface area contributed by atoms with Crippen molar-refractivity contribution in [3.05, 3.63) is 23.9 Å². The fourth-order valence-corrected chi connectivity index (χ4v) is 1.65. The van der Waals surface area contributed by atoms with Crippen LogP contribution in [0.15, 0.2) is 18.3 Å². The molecular weight excluding hydrogens is 204 g/mol. The molecule has 1 fully saturated rings. The molecular formula is C11H16N4O. The molecule has 0 bridgehead atoms. The molecule has 1 aliphatic carbocycles. The van der Waals surface area contributed by atoms with Gasteiger partial charge in [0.1, 0.15) is 0 Å². The number of nitrogens with two attached hydrogens (primary N) is 1. The first kappa shape index (κ1) is 10.9. The number of hydrazine groups is 1. The molecule has 1 aromatic rings. The highest BCUT2D eigenvalue weighted by Crippen LogP contribution is 2.44. The third-order valence-electron chi connectivity index (χ3n) is 3.01. The maximum atomic E-state index is 11.9. The van der Waals surface area contributed by atoms with Gasteiger partial charge in [-0.2, -0.15) is 0 Å². The number of hydrogen-bond donors (Lipinski definition) is 3. The van der Waals surface area contributed by atoms with Crippen LogP contribution in [0.5, 0.6) is 0 Å². The Morgan fingerprint density at radius 2 is 2.31 bits per heavy atom. The quantitative estimate of drug-likeness (QED) is 0.522. The molecule has 1 aromatic heterocycles. The summed E-state index contributed by atoms with van der Waals surface area (Å²) in [6, 6.07) is 3.67. The first-order valence-corrected chi connectivity index (χ1v) is 5.27. The van der Waals surface area contributed by atoms with Gasteiger partial charge >= 0.3 is 0 Å². The van der Waals surface area contributed by atoms with E-state index in [1.807, 2.05) is 0 Å². The number of carbonyl (C=O) groups is 1. The second-order valence-electron chi connectivity index (χ2n) is 4.76. The highest BCUT2D eigenvalue weighted by molar-refractivity contribution is 5.99. The van der Waals surface area contributed by atoms with Crippen molar-refractivity contribution in [1.29, 1.82) is 0 Å². The van der Waals surface area contributed by atoms with Crippen LogP contribution in [0.4, 0.5) is 5.82 Å². The number of carbonyl (C=O) groups excluding carboxylic acids is 1. The van der Waals surface area contributed by atoms with Crippen molar-refractivity contribution in [1.82, 2.24) is 10.3 Å². The molecule has 86 valence electrons. The normalized spacial score (nSPS) is 21.3. The Balaban J connectivity index is 2.09. The van der Waals surface area contributed by atoms with Crippen LogP contribution in [-0.4, -0.2) is 16.9 Å². The van der Waals surface area contributed by atoms with Gasteiger partial charge in [-0.15, -0.1) is 0 Å². The maximum Gasteiger partial charge on any atom is 0.255 e. The molecule has 2 rings (SSSR count). The molecule has 1 amide bonds. The molecule has 5 nitrogen and oxygen atoms in total. The number of rotatable bonds is 3. The van der Waals surface area contributed by atoms with E-state index >= 15 is 0 Å². The lowest BCUT2D eigenvalue weighted by atomic mass is 10.2. The average Bonchev–Trinajstić information content (AvgIpc) is 2.85. The van der Waals surface area contributed by atoms with Gasteiger partial charge in [-0.05, 0) is 24.0 Å². The first-order valence-electron chi connectivity index (χ1n) is 5.27. The van der Waals surface area contributed by atoms with Gasteiger partial charge in [-0.1, -0.05) is 13.8 Å². The monoisotopic (exact) mass is 220 g/mol. The average molecular weight is 220 g/mol. The van der Waals surface area contributed by atoms with Crippen LogP contribution in [0.25, 0.3) is 0 Å². The Morgan fingerprint density at radius 3 is 2.88 bits per heavy atom. The Morgan fingerprint density at radius 1 is 1.62 bits per heavy atom. The van der Waals surface area contributed by atoms with E-state index in [-0.39, 0.29) is 17.4 Å². The van der Waals surface area contributed by atoms with Crippen molar-refractivity contribution >= 4 is 11.7 Å². The zero-order valence-corrected chi connectivity index (χ0v) is 9.45. The molecule has 16 heavy (non-hydrogen) atoms. The summed E-state index contributed by atoms with van der Waals surface area (Å²) in [6.45, 7) is 4.26. The lowest BCUT2D eigenvalue weighted by molar-refractivity contribution is 0.0947.